The molecule has 114 valence electrons. The van der Waals surface area contributed by atoms with E-state index in [1.54, 1.807) is 24.3 Å². The molecule has 0 saturated carbocycles. The Morgan fingerprint density at radius 2 is 2.27 bits per heavy atom. The zero-order valence-electron chi connectivity index (χ0n) is 11.3. The summed E-state index contributed by atoms with van der Waals surface area (Å²) in [4.78, 5) is 29.8. The zero-order chi connectivity index (χ0) is 16.1. The third kappa shape index (κ3) is 2.02. The van der Waals surface area contributed by atoms with Crippen molar-refractivity contribution in [1.82, 2.24) is 0 Å². The van der Waals surface area contributed by atoms with Crippen molar-refractivity contribution in [2.45, 2.75) is 10.9 Å². The second-order valence-electron chi connectivity index (χ2n) is 4.92. The number of fused-ring (bicyclic) bond motifs is 1. The summed E-state index contributed by atoms with van der Waals surface area (Å²) in [5.74, 6) is -1.18. The van der Waals surface area contributed by atoms with Crippen LogP contribution in [0.3, 0.4) is 0 Å². The summed E-state index contributed by atoms with van der Waals surface area (Å²) in [5, 5.41) is 10.1. The fourth-order valence-corrected chi connectivity index (χ4v) is 3.97. The second kappa shape index (κ2) is 5.22. The van der Waals surface area contributed by atoms with Crippen molar-refractivity contribution in [3.8, 4) is 0 Å². The number of anilines is 1. The Kier molecular flexibility index (Phi) is 3.62. The molecular weight excluding hydrogens is 370 g/mol. The third-order valence-electron chi connectivity index (χ3n) is 3.61. The molecule has 6 nitrogen and oxygen atoms in total. The van der Waals surface area contributed by atoms with Crippen LogP contribution >= 0.6 is 27.7 Å². The quantitative estimate of drug-likeness (QED) is 0.764. The molecular formula is C14H12BrN3O3S. The van der Waals surface area contributed by atoms with E-state index >= 15 is 0 Å². The van der Waals surface area contributed by atoms with Gasteiger partial charge in [-0.2, -0.15) is 4.99 Å². The number of hydrogen-bond donors (Lipinski definition) is 2. The summed E-state index contributed by atoms with van der Waals surface area (Å²) in [5.41, 5.74) is 4.49. The van der Waals surface area contributed by atoms with E-state index in [4.69, 9.17) is 5.73 Å². The van der Waals surface area contributed by atoms with Gasteiger partial charge in [0.05, 0.1) is 5.69 Å². The van der Waals surface area contributed by atoms with Crippen LogP contribution in [0, 0.1) is 0 Å². The highest BCUT2D eigenvalue weighted by Gasteiger charge is 2.59. The predicted octanol–water partition coefficient (Wildman–Crippen LogP) is 1.13. The standard InChI is InChI=1S/C14H12BrN3O3S/c1-2-5-18-9-4-3-7(15)6-8(9)14(21,12(18)20)10-11(19)17-13(16)22-10/h2-4,6,10,21H,1,5H2,(H2,16,17,19). The smallest absolute Gasteiger partial charge is 0.265 e. The first kappa shape index (κ1) is 15.3. The number of amidine groups is 1. The van der Waals surface area contributed by atoms with E-state index in [0.717, 1.165) is 11.8 Å². The Morgan fingerprint density at radius 1 is 1.55 bits per heavy atom. The monoisotopic (exact) mass is 381 g/mol. The molecule has 2 atom stereocenters. The first-order chi connectivity index (χ1) is 10.4. The Balaban J connectivity index is 2.16. The van der Waals surface area contributed by atoms with Crippen molar-refractivity contribution in [2.24, 2.45) is 10.7 Å². The number of halogens is 1. The summed E-state index contributed by atoms with van der Waals surface area (Å²) >= 11 is 4.23. The molecule has 0 spiro atoms. The average Bonchev–Trinajstić information content (AvgIpc) is 2.91. The van der Waals surface area contributed by atoms with Crippen LogP contribution in [0.25, 0.3) is 0 Å². The molecule has 8 heteroatoms. The van der Waals surface area contributed by atoms with Gasteiger partial charge in [-0.05, 0) is 18.2 Å². The molecule has 2 aliphatic rings. The number of thioether (sulfide) groups is 1. The summed E-state index contributed by atoms with van der Waals surface area (Å²) in [6, 6.07) is 5.12. The van der Waals surface area contributed by atoms with Gasteiger partial charge in [-0.25, -0.2) is 0 Å². The van der Waals surface area contributed by atoms with E-state index in [-0.39, 0.29) is 11.7 Å². The maximum absolute atomic E-state index is 12.8. The van der Waals surface area contributed by atoms with Gasteiger partial charge in [0.2, 0.25) is 0 Å². The van der Waals surface area contributed by atoms with Crippen LogP contribution in [0.2, 0.25) is 0 Å². The highest BCUT2D eigenvalue weighted by Crippen LogP contribution is 2.48. The van der Waals surface area contributed by atoms with Crippen LogP contribution in [-0.4, -0.2) is 33.9 Å². The van der Waals surface area contributed by atoms with Gasteiger partial charge < -0.3 is 15.7 Å². The molecule has 0 fully saturated rings. The van der Waals surface area contributed by atoms with Crippen molar-refractivity contribution in [3.05, 3.63) is 40.9 Å². The fourth-order valence-electron chi connectivity index (χ4n) is 2.67. The van der Waals surface area contributed by atoms with Crippen LogP contribution in [0.4, 0.5) is 5.69 Å². The Labute approximate surface area is 139 Å². The first-order valence-corrected chi connectivity index (χ1v) is 8.06. The number of nitrogens with zero attached hydrogens (tertiary/aromatic N) is 2. The van der Waals surface area contributed by atoms with Gasteiger partial charge in [0, 0.05) is 16.6 Å². The van der Waals surface area contributed by atoms with Crippen molar-refractivity contribution >= 4 is 50.4 Å². The molecule has 2 aliphatic heterocycles. The highest BCUT2D eigenvalue weighted by molar-refractivity contribution is 9.10. The topological polar surface area (TPSA) is 96.0 Å². The Bertz CT molecular complexity index is 736. The molecule has 3 rings (SSSR count). The minimum atomic E-state index is -1.99. The van der Waals surface area contributed by atoms with E-state index in [1.807, 2.05) is 0 Å². The van der Waals surface area contributed by atoms with Crippen LogP contribution in [0.1, 0.15) is 5.56 Å². The van der Waals surface area contributed by atoms with E-state index in [2.05, 4.69) is 27.5 Å². The van der Waals surface area contributed by atoms with Crippen molar-refractivity contribution in [3.63, 3.8) is 0 Å². The SMILES string of the molecule is C=CCN1C(=O)C(O)(C2SC(N)=NC2=O)c2cc(Br)ccc21. The lowest BCUT2D eigenvalue weighted by Crippen LogP contribution is -2.49. The lowest BCUT2D eigenvalue weighted by atomic mass is 9.91. The molecule has 0 saturated heterocycles. The number of amides is 2. The summed E-state index contributed by atoms with van der Waals surface area (Å²) in [6.45, 7) is 3.86. The molecule has 0 aromatic heterocycles. The maximum Gasteiger partial charge on any atom is 0.265 e. The number of rotatable bonds is 3. The number of carbonyl (C=O) groups excluding carboxylic acids is 2. The maximum atomic E-state index is 12.8. The number of benzene rings is 1. The van der Waals surface area contributed by atoms with E-state index in [9.17, 15) is 14.7 Å². The number of aliphatic hydroxyl groups is 1. The molecule has 0 aliphatic carbocycles. The van der Waals surface area contributed by atoms with Gasteiger partial charge in [-0.3, -0.25) is 9.59 Å². The first-order valence-electron chi connectivity index (χ1n) is 6.39. The van der Waals surface area contributed by atoms with Crippen LogP contribution < -0.4 is 10.6 Å². The van der Waals surface area contributed by atoms with Gasteiger partial charge in [0.15, 0.2) is 10.8 Å². The number of hydrogen-bond acceptors (Lipinski definition) is 5. The number of aliphatic imine (C=N–C) groups is 1. The van der Waals surface area contributed by atoms with E-state index < -0.39 is 22.7 Å². The molecule has 0 bridgehead atoms. The van der Waals surface area contributed by atoms with Gasteiger partial charge in [0.25, 0.3) is 11.8 Å². The van der Waals surface area contributed by atoms with Gasteiger partial charge in [0.1, 0.15) is 5.25 Å². The molecule has 1 aromatic rings. The molecule has 0 radical (unpaired) electrons. The van der Waals surface area contributed by atoms with Gasteiger partial charge in [-0.15, -0.1) is 6.58 Å². The summed E-state index contributed by atoms with van der Waals surface area (Å²) in [7, 11) is 0. The Hall–Kier alpha value is -1.64. The summed E-state index contributed by atoms with van der Waals surface area (Å²) < 4.78 is 0.697. The Morgan fingerprint density at radius 3 is 2.86 bits per heavy atom. The van der Waals surface area contributed by atoms with E-state index in [1.165, 1.54) is 4.90 Å². The molecule has 2 unspecified atom stereocenters. The normalized spacial score (nSPS) is 27.1. The van der Waals surface area contributed by atoms with Gasteiger partial charge in [-0.1, -0.05) is 33.8 Å². The molecule has 22 heavy (non-hydrogen) atoms. The van der Waals surface area contributed by atoms with Crippen LogP contribution in [0.5, 0.6) is 0 Å². The van der Waals surface area contributed by atoms with Crippen molar-refractivity contribution in [1.29, 1.82) is 0 Å². The number of carbonyl (C=O) groups is 2. The minimum Gasteiger partial charge on any atom is -0.378 e. The number of nitrogens with two attached hydrogens (primary N) is 1. The highest BCUT2D eigenvalue weighted by atomic mass is 79.9. The van der Waals surface area contributed by atoms with Gasteiger partial charge >= 0.3 is 0 Å². The summed E-state index contributed by atoms with van der Waals surface area (Å²) in [6.07, 6.45) is 1.56. The molecule has 2 heterocycles. The molecule has 3 N–H and O–H groups in total. The van der Waals surface area contributed by atoms with Crippen LogP contribution in [0.15, 0.2) is 40.3 Å². The fraction of sp³-hybridized carbons (Fsp3) is 0.214. The lowest BCUT2D eigenvalue weighted by molar-refractivity contribution is -0.140. The lowest BCUT2D eigenvalue weighted by Gasteiger charge is -2.26. The van der Waals surface area contributed by atoms with E-state index in [0.29, 0.717) is 15.7 Å². The largest absolute Gasteiger partial charge is 0.378 e. The van der Waals surface area contributed by atoms with Crippen molar-refractivity contribution in [2.75, 3.05) is 11.4 Å². The molecule has 2 amide bonds. The molecule has 1 aromatic carbocycles. The zero-order valence-corrected chi connectivity index (χ0v) is 13.7. The van der Waals surface area contributed by atoms with Crippen LogP contribution in [-0.2, 0) is 15.2 Å². The third-order valence-corrected chi connectivity index (χ3v) is 5.21. The average molecular weight is 382 g/mol. The second-order valence-corrected chi connectivity index (χ2v) is 6.96. The minimum absolute atomic E-state index is 0.0509. The van der Waals surface area contributed by atoms with Crippen molar-refractivity contribution < 1.29 is 14.7 Å². The predicted molar refractivity (Wildman–Crippen MR) is 88.6 cm³/mol.